The highest BCUT2D eigenvalue weighted by Crippen LogP contribution is 2.25. The minimum absolute atomic E-state index is 0.210. The molecular formula is C12H15F2NO2S. The van der Waals surface area contributed by atoms with E-state index in [4.69, 9.17) is 0 Å². The Balaban J connectivity index is 2.93. The van der Waals surface area contributed by atoms with Crippen LogP contribution in [-0.4, -0.2) is 20.7 Å². The van der Waals surface area contributed by atoms with Crippen molar-refractivity contribution in [3.63, 3.8) is 0 Å². The van der Waals surface area contributed by atoms with E-state index in [1.807, 2.05) is 19.1 Å². The lowest BCUT2D eigenvalue weighted by Crippen LogP contribution is -2.14. The van der Waals surface area contributed by atoms with Gasteiger partial charge in [-0.1, -0.05) is 24.3 Å². The van der Waals surface area contributed by atoms with Crippen LogP contribution in [0, 0.1) is 0 Å². The van der Waals surface area contributed by atoms with Crippen LogP contribution in [0.5, 0.6) is 0 Å². The fraction of sp³-hybridized carbons (Fsp3) is 0.333. The summed E-state index contributed by atoms with van der Waals surface area (Å²) in [5, 5.41) is 2.85. The van der Waals surface area contributed by atoms with E-state index < -0.39 is 15.6 Å². The Hall–Kier alpha value is -1.43. The van der Waals surface area contributed by atoms with E-state index in [-0.39, 0.29) is 10.6 Å². The highest BCUT2D eigenvalue weighted by Gasteiger charge is 2.28. The number of hydrogen-bond acceptors (Lipinski definition) is 3. The van der Waals surface area contributed by atoms with Gasteiger partial charge in [-0.05, 0) is 25.5 Å². The standard InChI is InChI=1S/C12H15F2NO2S/c1-2-3-6-9-15-10-7-4-5-8-11(10)18(16,17)12(13)14/h2-5,7-8,12,15H,6,9H2,1H3/b3-2+. The summed E-state index contributed by atoms with van der Waals surface area (Å²) in [4.78, 5) is -0.361. The summed E-state index contributed by atoms with van der Waals surface area (Å²) >= 11 is 0. The van der Waals surface area contributed by atoms with Gasteiger partial charge in [-0.2, -0.15) is 8.78 Å². The van der Waals surface area contributed by atoms with Gasteiger partial charge in [-0.3, -0.25) is 0 Å². The summed E-state index contributed by atoms with van der Waals surface area (Å²) in [6, 6.07) is 5.68. The number of alkyl halides is 2. The van der Waals surface area contributed by atoms with Gasteiger partial charge in [-0.15, -0.1) is 0 Å². The second-order valence-corrected chi connectivity index (χ2v) is 5.47. The second kappa shape index (κ2) is 6.49. The highest BCUT2D eigenvalue weighted by molar-refractivity contribution is 7.91. The molecule has 0 fully saturated rings. The van der Waals surface area contributed by atoms with E-state index in [2.05, 4.69) is 5.32 Å². The van der Waals surface area contributed by atoms with Crippen LogP contribution in [0.3, 0.4) is 0 Å². The van der Waals surface area contributed by atoms with E-state index >= 15 is 0 Å². The maximum atomic E-state index is 12.5. The van der Waals surface area contributed by atoms with Crippen LogP contribution in [0.25, 0.3) is 0 Å². The zero-order valence-corrected chi connectivity index (χ0v) is 10.8. The molecule has 18 heavy (non-hydrogen) atoms. The SMILES string of the molecule is C/C=C/CCNc1ccccc1S(=O)(=O)C(F)F. The van der Waals surface area contributed by atoms with Gasteiger partial charge in [0.05, 0.1) is 10.6 Å². The van der Waals surface area contributed by atoms with Gasteiger partial charge >= 0.3 is 5.76 Å². The molecule has 0 heterocycles. The van der Waals surface area contributed by atoms with Gasteiger partial charge < -0.3 is 5.32 Å². The number of allylic oxidation sites excluding steroid dienone is 1. The van der Waals surface area contributed by atoms with Crippen LogP contribution in [0.1, 0.15) is 13.3 Å². The molecule has 1 rings (SSSR count). The van der Waals surface area contributed by atoms with Crippen molar-refractivity contribution in [2.75, 3.05) is 11.9 Å². The van der Waals surface area contributed by atoms with Crippen molar-refractivity contribution in [2.24, 2.45) is 0 Å². The summed E-state index contributed by atoms with van der Waals surface area (Å²) in [7, 11) is -4.56. The third kappa shape index (κ3) is 3.53. The lowest BCUT2D eigenvalue weighted by Gasteiger charge is -2.11. The Morgan fingerprint density at radius 1 is 1.33 bits per heavy atom. The molecule has 0 aliphatic carbocycles. The number of rotatable bonds is 6. The molecule has 100 valence electrons. The molecule has 0 radical (unpaired) electrons. The van der Waals surface area contributed by atoms with Crippen LogP contribution in [0.15, 0.2) is 41.3 Å². The first-order valence-electron chi connectivity index (χ1n) is 5.46. The minimum atomic E-state index is -4.56. The predicted molar refractivity (Wildman–Crippen MR) is 67.6 cm³/mol. The first-order chi connectivity index (χ1) is 8.50. The molecule has 6 heteroatoms. The molecular weight excluding hydrogens is 260 g/mol. The number of halogens is 2. The smallest absolute Gasteiger partial charge is 0.341 e. The molecule has 0 aliphatic heterocycles. The highest BCUT2D eigenvalue weighted by atomic mass is 32.2. The normalized spacial score (nSPS) is 12.2. The van der Waals surface area contributed by atoms with Gasteiger partial charge in [0.2, 0.25) is 9.84 Å². The quantitative estimate of drug-likeness (QED) is 0.641. The molecule has 1 N–H and O–H groups in total. The topological polar surface area (TPSA) is 46.2 Å². The van der Waals surface area contributed by atoms with Crippen molar-refractivity contribution in [2.45, 2.75) is 24.0 Å². The zero-order valence-electron chi connectivity index (χ0n) is 9.94. The zero-order chi connectivity index (χ0) is 13.6. The Morgan fingerprint density at radius 3 is 2.61 bits per heavy atom. The van der Waals surface area contributed by atoms with Crippen molar-refractivity contribution in [1.82, 2.24) is 0 Å². The molecule has 1 aromatic carbocycles. The molecule has 3 nitrogen and oxygen atoms in total. The fourth-order valence-electron chi connectivity index (χ4n) is 1.41. The number of nitrogens with one attached hydrogen (secondary N) is 1. The molecule has 0 amide bonds. The van der Waals surface area contributed by atoms with Crippen LogP contribution < -0.4 is 5.32 Å². The van der Waals surface area contributed by atoms with Gasteiger partial charge in [-0.25, -0.2) is 8.42 Å². The largest absolute Gasteiger partial charge is 0.384 e. The molecule has 0 aromatic heterocycles. The maximum absolute atomic E-state index is 12.5. The molecule has 1 aromatic rings. The second-order valence-electron chi connectivity index (χ2n) is 3.59. The van der Waals surface area contributed by atoms with Crippen LogP contribution >= 0.6 is 0 Å². The minimum Gasteiger partial charge on any atom is -0.384 e. The van der Waals surface area contributed by atoms with Crippen LogP contribution in [0.4, 0.5) is 14.5 Å². The van der Waals surface area contributed by atoms with Crippen molar-refractivity contribution in [3.05, 3.63) is 36.4 Å². The summed E-state index contributed by atoms with van der Waals surface area (Å²) < 4.78 is 47.9. The first kappa shape index (κ1) is 14.6. The number of anilines is 1. The molecule has 0 unspecified atom stereocenters. The summed E-state index contributed by atoms with van der Waals surface area (Å²) in [5.74, 6) is -3.41. The average Bonchev–Trinajstić information content (AvgIpc) is 2.35. The predicted octanol–water partition coefficient (Wildman–Crippen LogP) is 3.06. The van der Waals surface area contributed by atoms with E-state index in [0.717, 1.165) is 0 Å². The number of benzene rings is 1. The van der Waals surface area contributed by atoms with Crippen molar-refractivity contribution < 1.29 is 17.2 Å². The maximum Gasteiger partial charge on any atom is 0.341 e. The molecule has 0 saturated heterocycles. The van der Waals surface area contributed by atoms with Gasteiger partial charge in [0.15, 0.2) is 0 Å². The van der Waals surface area contributed by atoms with Gasteiger partial charge in [0, 0.05) is 6.54 Å². The molecule has 0 aliphatic rings. The third-order valence-electron chi connectivity index (χ3n) is 2.29. The summed E-state index contributed by atoms with van der Waals surface area (Å²) in [6.07, 6.45) is 4.46. The number of hydrogen-bond donors (Lipinski definition) is 1. The lowest BCUT2D eigenvalue weighted by molar-refractivity contribution is 0.235. The Bertz CT molecular complexity index is 513. The van der Waals surface area contributed by atoms with E-state index in [1.165, 1.54) is 18.2 Å². The average molecular weight is 275 g/mol. The molecule has 0 bridgehead atoms. The van der Waals surface area contributed by atoms with Crippen molar-refractivity contribution in [1.29, 1.82) is 0 Å². The van der Waals surface area contributed by atoms with Gasteiger partial charge in [0.1, 0.15) is 0 Å². The summed E-state index contributed by atoms with van der Waals surface area (Å²) in [5.41, 5.74) is 0.210. The van der Waals surface area contributed by atoms with Crippen molar-refractivity contribution >= 4 is 15.5 Å². The Labute approximate surface area is 105 Å². The van der Waals surface area contributed by atoms with E-state index in [0.29, 0.717) is 13.0 Å². The Morgan fingerprint density at radius 2 is 2.00 bits per heavy atom. The monoisotopic (exact) mass is 275 g/mol. The number of sulfone groups is 1. The van der Waals surface area contributed by atoms with Crippen molar-refractivity contribution in [3.8, 4) is 0 Å². The van der Waals surface area contributed by atoms with Crippen LogP contribution in [-0.2, 0) is 9.84 Å². The fourth-order valence-corrected chi connectivity index (χ4v) is 2.32. The first-order valence-corrected chi connectivity index (χ1v) is 7.01. The summed E-state index contributed by atoms with van der Waals surface area (Å²) in [6.45, 7) is 2.36. The lowest BCUT2D eigenvalue weighted by atomic mass is 10.3. The van der Waals surface area contributed by atoms with Gasteiger partial charge in [0.25, 0.3) is 0 Å². The molecule has 0 saturated carbocycles. The van der Waals surface area contributed by atoms with Crippen LogP contribution in [0.2, 0.25) is 0 Å². The molecule has 0 spiro atoms. The third-order valence-corrected chi connectivity index (χ3v) is 3.73. The van der Waals surface area contributed by atoms with E-state index in [9.17, 15) is 17.2 Å². The Kier molecular flexibility index (Phi) is 5.27. The number of para-hydroxylation sites is 1. The molecule has 0 atom stereocenters. The van der Waals surface area contributed by atoms with E-state index in [1.54, 1.807) is 6.07 Å².